The average Bonchev–Trinajstić information content (AvgIpc) is 2.81. The Hall–Kier alpha value is -3.30. The van der Waals surface area contributed by atoms with Crippen molar-refractivity contribution < 1.29 is 19.3 Å². The largest absolute Gasteiger partial charge is 0.497 e. The molecule has 2 aromatic carbocycles. The van der Waals surface area contributed by atoms with Crippen LogP contribution in [0.25, 0.3) is 10.9 Å². The minimum absolute atomic E-state index is 0.0206. The van der Waals surface area contributed by atoms with Crippen LogP contribution in [0.3, 0.4) is 0 Å². The molecule has 0 aliphatic heterocycles. The molecule has 1 aromatic heterocycles. The molecular formula is C23H27N3O5S. The van der Waals surface area contributed by atoms with E-state index in [1.165, 1.54) is 0 Å². The van der Waals surface area contributed by atoms with Crippen LogP contribution in [-0.2, 0) is 6.54 Å². The second kappa shape index (κ2) is 10.8. The van der Waals surface area contributed by atoms with Gasteiger partial charge in [0.25, 0.3) is 5.56 Å². The van der Waals surface area contributed by atoms with E-state index in [2.05, 4.69) is 10.3 Å². The van der Waals surface area contributed by atoms with E-state index < -0.39 is 0 Å². The SMILES string of the molecule is COc1ccc(NC(=S)N(CCCO)Cc2cc3cc(OC)c(OC)cc3[nH]c2=O)cc1. The Bertz CT molecular complexity index is 1130. The minimum Gasteiger partial charge on any atom is -0.497 e. The first kappa shape index (κ1) is 23.4. The molecule has 0 unspecified atom stereocenters. The van der Waals surface area contributed by atoms with Gasteiger partial charge in [0.05, 0.1) is 33.4 Å². The highest BCUT2D eigenvalue weighted by Crippen LogP contribution is 2.31. The Morgan fingerprint density at radius 1 is 1.06 bits per heavy atom. The van der Waals surface area contributed by atoms with Gasteiger partial charge < -0.3 is 34.5 Å². The van der Waals surface area contributed by atoms with E-state index in [-0.39, 0.29) is 18.7 Å². The Labute approximate surface area is 191 Å². The number of ether oxygens (including phenoxy) is 3. The van der Waals surface area contributed by atoms with E-state index in [1.807, 2.05) is 41.3 Å². The van der Waals surface area contributed by atoms with E-state index in [4.69, 9.17) is 26.4 Å². The number of aromatic nitrogens is 1. The summed E-state index contributed by atoms with van der Waals surface area (Å²) < 4.78 is 15.9. The zero-order chi connectivity index (χ0) is 23.1. The molecule has 170 valence electrons. The molecule has 0 fully saturated rings. The lowest BCUT2D eigenvalue weighted by molar-refractivity contribution is 0.266. The maximum atomic E-state index is 12.8. The summed E-state index contributed by atoms with van der Waals surface area (Å²) in [4.78, 5) is 17.5. The summed E-state index contributed by atoms with van der Waals surface area (Å²) in [5.41, 5.74) is 1.78. The summed E-state index contributed by atoms with van der Waals surface area (Å²) in [6, 6.07) is 12.8. The predicted octanol–water partition coefficient (Wildman–Crippen LogP) is 3.14. The lowest BCUT2D eigenvalue weighted by Crippen LogP contribution is -2.37. The molecule has 3 rings (SSSR count). The van der Waals surface area contributed by atoms with Gasteiger partial charge in [-0.3, -0.25) is 4.79 Å². The molecule has 0 saturated heterocycles. The van der Waals surface area contributed by atoms with Gasteiger partial charge in [0.1, 0.15) is 5.75 Å². The molecule has 0 bridgehead atoms. The number of aliphatic hydroxyl groups is 1. The zero-order valence-electron chi connectivity index (χ0n) is 18.3. The number of anilines is 1. The van der Waals surface area contributed by atoms with Gasteiger partial charge in [0, 0.05) is 35.9 Å². The maximum Gasteiger partial charge on any atom is 0.253 e. The summed E-state index contributed by atoms with van der Waals surface area (Å²) >= 11 is 5.60. The number of nitrogens with one attached hydrogen (secondary N) is 2. The highest BCUT2D eigenvalue weighted by atomic mass is 32.1. The summed E-state index contributed by atoms with van der Waals surface area (Å²) in [5, 5.41) is 13.8. The molecule has 0 atom stereocenters. The molecule has 3 aromatic rings. The number of methoxy groups -OCH3 is 3. The third kappa shape index (κ3) is 5.49. The fourth-order valence-electron chi connectivity index (χ4n) is 3.29. The van der Waals surface area contributed by atoms with Gasteiger partial charge in [-0.2, -0.15) is 0 Å². The lowest BCUT2D eigenvalue weighted by atomic mass is 10.1. The van der Waals surface area contributed by atoms with Crippen LogP contribution < -0.4 is 25.1 Å². The highest BCUT2D eigenvalue weighted by Gasteiger charge is 2.15. The number of aromatic amines is 1. The van der Waals surface area contributed by atoms with Crippen LogP contribution in [-0.4, -0.2) is 54.6 Å². The van der Waals surface area contributed by atoms with Gasteiger partial charge in [-0.25, -0.2) is 0 Å². The summed E-state index contributed by atoms with van der Waals surface area (Å²) in [6.07, 6.45) is 0.515. The zero-order valence-corrected chi connectivity index (χ0v) is 19.1. The van der Waals surface area contributed by atoms with Crippen molar-refractivity contribution in [3.8, 4) is 17.2 Å². The van der Waals surface area contributed by atoms with Crippen molar-refractivity contribution in [2.75, 3.05) is 39.8 Å². The van der Waals surface area contributed by atoms with Crippen molar-refractivity contribution in [1.82, 2.24) is 9.88 Å². The normalized spacial score (nSPS) is 10.6. The molecule has 0 spiro atoms. The monoisotopic (exact) mass is 457 g/mol. The van der Waals surface area contributed by atoms with Crippen molar-refractivity contribution in [3.05, 3.63) is 58.4 Å². The molecule has 0 saturated carbocycles. The number of thiocarbonyl (C=S) groups is 1. The number of fused-ring (bicyclic) bond motifs is 1. The van der Waals surface area contributed by atoms with Crippen LogP contribution >= 0.6 is 12.2 Å². The fourth-order valence-corrected chi connectivity index (χ4v) is 3.57. The summed E-state index contributed by atoms with van der Waals surface area (Å²) in [7, 11) is 4.72. The van der Waals surface area contributed by atoms with E-state index in [0.717, 1.165) is 16.8 Å². The first-order valence-corrected chi connectivity index (χ1v) is 10.5. The number of pyridine rings is 1. The predicted molar refractivity (Wildman–Crippen MR) is 129 cm³/mol. The molecule has 0 aliphatic carbocycles. The van der Waals surface area contributed by atoms with Gasteiger partial charge in [0.15, 0.2) is 16.6 Å². The van der Waals surface area contributed by atoms with E-state index in [0.29, 0.717) is 40.7 Å². The van der Waals surface area contributed by atoms with Crippen molar-refractivity contribution >= 4 is 33.9 Å². The van der Waals surface area contributed by atoms with Crippen LogP contribution in [0.2, 0.25) is 0 Å². The smallest absolute Gasteiger partial charge is 0.253 e. The van der Waals surface area contributed by atoms with E-state index in [1.54, 1.807) is 27.4 Å². The Kier molecular flexibility index (Phi) is 7.91. The average molecular weight is 458 g/mol. The van der Waals surface area contributed by atoms with Crippen LogP contribution in [0.4, 0.5) is 5.69 Å². The molecule has 8 nitrogen and oxygen atoms in total. The number of hydrogen-bond acceptors (Lipinski definition) is 6. The van der Waals surface area contributed by atoms with Crippen molar-refractivity contribution in [2.45, 2.75) is 13.0 Å². The number of rotatable bonds is 9. The molecule has 32 heavy (non-hydrogen) atoms. The topological polar surface area (TPSA) is 96.1 Å². The summed E-state index contributed by atoms with van der Waals surface area (Å²) in [5.74, 6) is 1.86. The standard InChI is InChI=1S/C23H27N3O5S/c1-29-18-7-5-17(6-8-18)24-23(32)26(9-4-10-27)14-16-11-15-12-20(30-2)21(31-3)13-19(15)25-22(16)28/h5-8,11-13,27H,4,9-10,14H2,1-3H3,(H,24,32)(H,25,28). The quantitative estimate of drug-likeness (QED) is 0.422. The molecule has 0 amide bonds. The molecule has 0 aliphatic rings. The van der Waals surface area contributed by atoms with Crippen molar-refractivity contribution in [3.63, 3.8) is 0 Å². The summed E-state index contributed by atoms with van der Waals surface area (Å²) in [6.45, 7) is 0.788. The van der Waals surface area contributed by atoms with Crippen molar-refractivity contribution in [1.29, 1.82) is 0 Å². The van der Waals surface area contributed by atoms with Crippen LogP contribution in [0.15, 0.2) is 47.3 Å². The third-order valence-electron chi connectivity index (χ3n) is 5.00. The minimum atomic E-state index is -0.217. The Morgan fingerprint density at radius 3 is 2.38 bits per heavy atom. The second-order valence-electron chi connectivity index (χ2n) is 7.08. The highest BCUT2D eigenvalue weighted by molar-refractivity contribution is 7.80. The first-order chi connectivity index (χ1) is 15.5. The number of nitrogens with zero attached hydrogens (tertiary/aromatic N) is 1. The fraction of sp³-hybridized carbons (Fsp3) is 0.304. The number of H-pyrrole nitrogens is 1. The number of benzene rings is 2. The van der Waals surface area contributed by atoms with Gasteiger partial charge in [-0.15, -0.1) is 0 Å². The Balaban J connectivity index is 1.87. The molecule has 0 radical (unpaired) electrons. The first-order valence-electron chi connectivity index (χ1n) is 10.1. The number of aliphatic hydroxyl groups excluding tert-OH is 1. The number of hydrogen-bond donors (Lipinski definition) is 3. The molecule has 9 heteroatoms. The van der Waals surface area contributed by atoms with Gasteiger partial charge >= 0.3 is 0 Å². The van der Waals surface area contributed by atoms with E-state index >= 15 is 0 Å². The van der Waals surface area contributed by atoms with Crippen LogP contribution in [0.1, 0.15) is 12.0 Å². The molecule has 3 N–H and O–H groups in total. The van der Waals surface area contributed by atoms with Crippen LogP contribution in [0, 0.1) is 0 Å². The molecular weight excluding hydrogens is 430 g/mol. The van der Waals surface area contributed by atoms with E-state index in [9.17, 15) is 9.90 Å². The van der Waals surface area contributed by atoms with Gasteiger partial charge in [0.2, 0.25) is 0 Å². The van der Waals surface area contributed by atoms with Gasteiger partial charge in [-0.05, 0) is 55.0 Å². The lowest BCUT2D eigenvalue weighted by Gasteiger charge is -2.25. The second-order valence-corrected chi connectivity index (χ2v) is 7.46. The third-order valence-corrected chi connectivity index (χ3v) is 5.36. The van der Waals surface area contributed by atoms with Gasteiger partial charge in [-0.1, -0.05) is 0 Å². The van der Waals surface area contributed by atoms with Crippen LogP contribution in [0.5, 0.6) is 17.2 Å². The molecule has 1 heterocycles. The maximum absolute atomic E-state index is 12.8. The van der Waals surface area contributed by atoms with Crippen molar-refractivity contribution in [2.24, 2.45) is 0 Å². The Morgan fingerprint density at radius 2 is 1.75 bits per heavy atom.